The zero-order valence-electron chi connectivity index (χ0n) is 50.8. The van der Waals surface area contributed by atoms with E-state index in [9.17, 15) is 30.6 Å². The van der Waals surface area contributed by atoms with Gasteiger partial charge in [-0.2, -0.15) is 0 Å². The summed E-state index contributed by atoms with van der Waals surface area (Å²) in [5.74, 6) is 0. The maximum atomic E-state index is 10.1. The third kappa shape index (κ3) is 6260. The molecule has 4 radical (unpaired) electrons. The fraction of sp³-hybridized carbons (Fsp3) is 1.00. The summed E-state index contributed by atoms with van der Waals surface area (Å²) in [6.07, 6.45) is 0. The van der Waals surface area contributed by atoms with Crippen LogP contribution >= 0.6 is 0 Å². The van der Waals surface area contributed by atoms with E-state index < -0.39 is 67.2 Å². The molecule has 0 aliphatic carbocycles. The van der Waals surface area contributed by atoms with E-state index in [2.05, 4.69) is 0 Å². The zero-order chi connectivity index (χ0) is 54.0. The van der Waals surface area contributed by atoms with Crippen LogP contribution in [-0.2, 0) is 0 Å². The average molecular weight is 1640 g/mol. The van der Waals surface area contributed by atoms with Gasteiger partial charge in [-0.3, -0.25) is 0 Å². The van der Waals surface area contributed by atoms with Gasteiger partial charge in [0.05, 0.1) is 33.6 Å². The molecule has 0 aromatic heterocycles. The molecule has 0 saturated heterocycles. The molecule has 0 atom stereocenters. The minimum absolute atomic E-state index is 0. The molecule has 0 heterocycles. The minimum Gasteiger partial charge on any atom is -0.870 e. The Morgan fingerprint density at radius 2 is 0.179 bits per heavy atom. The molecule has 0 saturated carbocycles. The van der Waals surface area contributed by atoms with Crippen molar-refractivity contribution in [3.8, 4) is 0 Å². The van der Waals surface area contributed by atoms with E-state index in [1.54, 1.807) is 249 Å². The Kier molecular flexibility index (Phi) is 120. The van der Waals surface area contributed by atoms with Crippen LogP contribution in [0.15, 0.2) is 0 Å². The summed E-state index contributed by atoms with van der Waals surface area (Å²) in [6, 6.07) is 0. The molecule has 0 fully saturated rings. The first-order chi connectivity index (χ1) is 24.0. The fourth-order valence-corrected chi connectivity index (χ4v) is 0. The Morgan fingerprint density at radius 3 is 0.179 bits per heavy atom. The Labute approximate surface area is 624 Å². The Balaban J connectivity index is -0.0000000219. The molecule has 67 heavy (non-hydrogen) atoms. The van der Waals surface area contributed by atoms with E-state index >= 15 is 0 Å². The molecule has 0 aliphatic rings. The Hall–Kier alpha value is 7.79. The Bertz CT molecular complexity index is 524. The van der Waals surface area contributed by atoms with Crippen molar-refractivity contribution in [2.45, 2.75) is 316 Å². The van der Waals surface area contributed by atoms with E-state index in [4.69, 9.17) is 30.6 Å². The van der Waals surface area contributed by atoms with Gasteiger partial charge in [-0.15, -0.1) is 33.6 Å². The van der Waals surface area contributed by atoms with Crippen molar-refractivity contribution in [1.29, 1.82) is 0 Å². The summed E-state index contributed by atoms with van der Waals surface area (Å²) < 4.78 is 0. The van der Waals surface area contributed by atoms with Gasteiger partial charge in [0, 0.05) is 151 Å². The third-order valence-corrected chi connectivity index (χ3v) is 0. The van der Waals surface area contributed by atoms with Crippen LogP contribution in [0.3, 0.4) is 0 Å². The van der Waals surface area contributed by atoms with Gasteiger partial charge in [0.2, 0.25) is 0 Å². The maximum absolute atomic E-state index is 10.1. The van der Waals surface area contributed by atoms with E-state index in [1.165, 1.54) is 0 Å². The summed E-state index contributed by atoms with van der Waals surface area (Å²) in [5.41, 5.74) is -7.50. The number of aliphatic hydroxyl groups is 6. The van der Waals surface area contributed by atoms with E-state index in [-0.39, 0.29) is 259 Å². The summed E-state index contributed by atoms with van der Waals surface area (Å²) in [7, 11) is 0. The third-order valence-electron chi connectivity index (χ3n) is 0. The molecule has 19 heteroatoms. The number of rotatable bonds is 0. The zero-order valence-corrected chi connectivity index (χ0v) is 64.8. The molecule has 0 amide bonds. The van der Waals surface area contributed by atoms with Gasteiger partial charge in [0.1, 0.15) is 0 Å². The Morgan fingerprint density at radius 1 is 0.179 bits per heavy atom. The van der Waals surface area contributed by atoms with Gasteiger partial charge < -0.3 is 66.8 Å². The van der Waals surface area contributed by atoms with Gasteiger partial charge in [0.15, 0.2) is 0 Å². The summed E-state index contributed by atoms with van der Waals surface area (Å²) in [4.78, 5) is 0. The molecule has 436 valence electrons. The van der Waals surface area contributed by atoms with Gasteiger partial charge >= 0.3 is 103 Å². The molecule has 0 spiro atoms. The van der Waals surface area contributed by atoms with Crippen LogP contribution < -0.4 is 133 Å². The molecule has 0 bridgehead atoms. The van der Waals surface area contributed by atoms with Gasteiger partial charge in [-0.1, -0.05) is 125 Å². The minimum atomic E-state index is -0.750. The van der Waals surface area contributed by atoms with Crippen LogP contribution in [0.25, 0.3) is 0 Å². The van der Waals surface area contributed by atoms with Crippen LogP contribution in [0.4, 0.5) is 0 Å². The van der Waals surface area contributed by atoms with Crippen molar-refractivity contribution in [3.63, 3.8) is 0 Å². The van der Waals surface area contributed by atoms with Crippen molar-refractivity contribution in [2.75, 3.05) is 0 Å². The number of hydrogen-bond donors (Lipinski definition) is 6. The van der Waals surface area contributed by atoms with E-state index in [1.807, 2.05) is 0 Å². The first kappa shape index (κ1) is 131. The standard InChI is InChI=1S/6C4H10O.6C4H9O.4Ho.2K.H2O/c12*1-4(2,3)5;;;;;;;/h6*5H,1-3H3;6*1-3H3;;;;;;;1H2/q;;;;;;6*-1;;;;;2*+1;/p-1. The van der Waals surface area contributed by atoms with E-state index in [0.29, 0.717) is 0 Å². The van der Waals surface area contributed by atoms with Gasteiger partial charge in [-0.25, -0.2) is 0 Å². The van der Waals surface area contributed by atoms with Gasteiger partial charge in [-0.05, 0) is 125 Å². The molecule has 0 aromatic rings. The predicted molar refractivity (Wildman–Crippen MR) is 252 cm³/mol. The van der Waals surface area contributed by atoms with Crippen LogP contribution in [-0.4, -0.2) is 103 Å². The first-order valence-corrected chi connectivity index (χ1v) is 20.6. The molecular weight excluding hydrogens is 1520 g/mol. The molecule has 0 rings (SSSR count). The smallest absolute Gasteiger partial charge is 0.870 e. The predicted octanol–water partition coefficient (Wildman–Crippen LogP) is -0.634. The first-order valence-electron chi connectivity index (χ1n) is 20.6. The van der Waals surface area contributed by atoms with Crippen molar-refractivity contribution < 1.29 is 320 Å². The maximum Gasteiger partial charge on any atom is 1.00 e. The normalized spacial score (nSPS) is 10.7. The second kappa shape index (κ2) is 61.4. The van der Waals surface area contributed by atoms with Crippen molar-refractivity contribution in [1.82, 2.24) is 0 Å². The number of hydrogen-bond acceptors (Lipinski definition) is 13. The fourth-order valence-electron chi connectivity index (χ4n) is 0. The average Bonchev–Trinajstić information content (AvgIpc) is 2.48. The monoisotopic (exact) mass is 1640 g/mol. The van der Waals surface area contributed by atoms with Crippen LogP contribution in [0, 0.1) is 151 Å². The van der Waals surface area contributed by atoms with Crippen molar-refractivity contribution >= 4 is 0 Å². The quantitative estimate of drug-likeness (QED) is 0.165. The molecule has 0 aromatic carbocycles. The van der Waals surface area contributed by atoms with Gasteiger partial charge in [0.25, 0.3) is 0 Å². The van der Waals surface area contributed by atoms with E-state index in [0.717, 1.165) is 0 Å². The summed E-state index contributed by atoms with van der Waals surface area (Å²) in [6.45, 7) is 60.7. The van der Waals surface area contributed by atoms with Crippen LogP contribution in [0.5, 0.6) is 0 Å². The second-order valence-electron chi connectivity index (χ2n) is 25.7. The molecule has 0 aliphatic heterocycles. The topological polar surface area (TPSA) is 290 Å². The van der Waals surface area contributed by atoms with Crippen molar-refractivity contribution in [2.24, 2.45) is 0 Å². The molecule has 0 unspecified atom stereocenters. The summed E-state index contributed by atoms with van der Waals surface area (Å²) in [5, 5.41) is 112. The van der Waals surface area contributed by atoms with Crippen LogP contribution in [0.1, 0.15) is 249 Å². The van der Waals surface area contributed by atoms with Crippen molar-refractivity contribution in [3.05, 3.63) is 0 Å². The summed E-state index contributed by atoms with van der Waals surface area (Å²) >= 11 is 0. The molecule has 7 N–H and O–H groups in total. The van der Waals surface area contributed by atoms with Crippen LogP contribution in [0.2, 0.25) is 0 Å². The largest absolute Gasteiger partial charge is 1.00 e. The molecular formula is C48H115Ho4K2O13-5. The SMILES string of the molecule is CC(C)(C)O.CC(C)(C)O.CC(C)(C)O.CC(C)(C)O.CC(C)(C)O.CC(C)(C)O.CC(C)(C)[O-].CC(C)(C)[O-].CC(C)(C)[O-].CC(C)(C)[O-].CC(C)(C)[O-].CC(C)(C)[O-].[Ho].[Ho].[Ho].[Ho].[K+].[K+].[OH-]. The molecule has 13 nitrogen and oxygen atoms in total. The second-order valence-corrected chi connectivity index (χ2v) is 25.7.